The molecule has 0 heterocycles. The molecule has 0 spiro atoms. The van der Waals surface area contributed by atoms with Gasteiger partial charge in [0.1, 0.15) is 0 Å². The third-order valence-electron chi connectivity index (χ3n) is 4.27. The van der Waals surface area contributed by atoms with Crippen molar-refractivity contribution in [2.45, 2.75) is 39.2 Å². The maximum Gasteiger partial charge on any atom is 0.313 e. The first-order chi connectivity index (χ1) is 12.3. The first kappa shape index (κ1) is 19.7. The molecule has 0 radical (unpaired) electrons. The van der Waals surface area contributed by atoms with Crippen molar-refractivity contribution in [2.24, 2.45) is 0 Å². The van der Waals surface area contributed by atoms with Gasteiger partial charge in [-0.2, -0.15) is 0 Å². The van der Waals surface area contributed by atoms with E-state index in [4.69, 9.17) is 0 Å². The number of hydrogen-bond acceptors (Lipinski definition) is 3. The Hall–Kier alpha value is -2.66. The molecule has 5 heteroatoms. The van der Waals surface area contributed by atoms with Gasteiger partial charge in [-0.05, 0) is 56.4 Å². The highest BCUT2D eigenvalue weighted by Crippen LogP contribution is 2.16. The van der Waals surface area contributed by atoms with Crippen LogP contribution in [0.1, 0.15) is 30.0 Å². The predicted octanol–water partition coefficient (Wildman–Crippen LogP) is 2.74. The van der Waals surface area contributed by atoms with Crippen molar-refractivity contribution in [3.8, 4) is 0 Å². The Kier molecular flexibility index (Phi) is 6.52. The van der Waals surface area contributed by atoms with Crippen molar-refractivity contribution in [1.82, 2.24) is 5.32 Å². The molecule has 0 aliphatic heterocycles. The van der Waals surface area contributed by atoms with Gasteiger partial charge in [-0.25, -0.2) is 0 Å². The molecule has 2 aromatic carbocycles. The number of aliphatic hydroxyl groups is 1. The lowest BCUT2D eigenvalue weighted by atomic mass is 9.97. The molecule has 5 nitrogen and oxygen atoms in total. The highest BCUT2D eigenvalue weighted by atomic mass is 16.3. The molecule has 0 aliphatic rings. The molecular weight excluding hydrogens is 328 g/mol. The minimum absolute atomic E-state index is 0.0128. The van der Waals surface area contributed by atoms with E-state index < -0.39 is 17.4 Å². The van der Waals surface area contributed by atoms with Gasteiger partial charge in [-0.1, -0.05) is 42.5 Å². The second kappa shape index (κ2) is 8.63. The van der Waals surface area contributed by atoms with Gasteiger partial charge in [-0.15, -0.1) is 0 Å². The molecule has 0 saturated carbocycles. The number of aryl methyl sites for hydroxylation is 3. The third kappa shape index (κ3) is 6.01. The quantitative estimate of drug-likeness (QED) is 0.698. The maximum absolute atomic E-state index is 12.1. The van der Waals surface area contributed by atoms with E-state index in [0.717, 1.165) is 16.7 Å². The second-order valence-corrected chi connectivity index (χ2v) is 6.94. The van der Waals surface area contributed by atoms with Gasteiger partial charge in [0.05, 0.1) is 5.60 Å². The van der Waals surface area contributed by atoms with Crippen LogP contribution in [0.15, 0.2) is 48.5 Å². The van der Waals surface area contributed by atoms with E-state index in [1.165, 1.54) is 0 Å². The van der Waals surface area contributed by atoms with Crippen LogP contribution in [0.2, 0.25) is 0 Å². The average Bonchev–Trinajstić information content (AvgIpc) is 2.62. The summed E-state index contributed by atoms with van der Waals surface area (Å²) >= 11 is 0. The van der Waals surface area contributed by atoms with Crippen LogP contribution in [0.4, 0.5) is 5.69 Å². The molecule has 138 valence electrons. The van der Waals surface area contributed by atoms with Crippen LogP contribution in [0.3, 0.4) is 0 Å². The first-order valence-corrected chi connectivity index (χ1v) is 8.69. The summed E-state index contributed by atoms with van der Waals surface area (Å²) in [5.41, 5.74) is 2.51. The van der Waals surface area contributed by atoms with Crippen molar-refractivity contribution < 1.29 is 14.7 Å². The van der Waals surface area contributed by atoms with Crippen molar-refractivity contribution in [2.75, 3.05) is 11.9 Å². The van der Waals surface area contributed by atoms with Gasteiger partial charge in [0, 0.05) is 12.2 Å². The Morgan fingerprint density at radius 3 is 2.42 bits per heavy atom. The number of benzene rings is 2. The van der Waals surface area contributed by atoms with E-state index in [1.807, 2.05) is 62.4 Å². The van der Waals surface area contributed by atoms with Crippen LogP contribution in [-0.2, 0) is 16.0 Å². The number of nitrogens with one attached hydrogen (secondary N) is 2. The molecule has 1 unspecified atom stereocenters. The highest BCUT2D eigenvalue weighted by Gasteiger charge is 2.23. The standard InChI is InChI=1S/C21H26N2O3/c1-15-9-10-16(2)18(13-15)23-20(25)19(24)22-14-21(3,26)12-11-17-7-5-4-6-8-17/h4-10,13,26H,11-12,14H2,1-3H3,(H,22,24)(H,23,25). The number of rotatable bonds is 6. The van der Waals surface area contributed by atoms with Crippen LogP contribution < -0.4 is 10.6 Å². The molecule has 3 N–H and O–H groups in total. The van der Waals surface area contributed by atoms with Crippen LogP contribution in [-0.4, -0.2) is 29.1 Å². The zero-order valence-corrected chi connectivity index (χ0v) is 15.5. The van der Waals surface area contributed by atoms with Crippen molar-refractivity contribution in [1.29, 1.82) is 0 Å². The average molecular weight is 354 g/mol. The molecule has 1 atom stereocenters. The summed E-state index contributed by atoms with van der Waals surface area (Å²) in [4.78, 5) is 24.1. The summed E-state index contributed by atoms with van der Waals surface area (Å²) in [6, 6.07) is 15.5. The Morgan fingerprint density at radius 1 is 1.04 bits per heavy atom. The first-order valence-electron chi connectivity index (χ1n) is 8.69. The summed E-state index contributed by atoms with van der Waals surface area (Å²) in [5.74, 6) is -1.50. The van der Waals surface area contributed by atoms with Crippen molar-refractivity contribution in [3.05, 3.63) is 65.2 Å². The van der Waals surface area contributed by atoms with E-state index >= 15 is 0 Å². The number of anilines is 1. The number of carbonyl (C=O) groups excluding carboxylic acids is 2. The fourth-order valence-corrected chi connectivity index (χ4v) is 2.55. The Bertz CT molecular complexity index is 770. The summed E-state index contributed by atoms with van der Waals surface area (Å²) < 4.78 is 0. The van der Waals surface area contributed by atoms with Crippen LogP contribution >= 0.6 is 0 Å². The largest absolute Gasteiger partial charge is 0.388 e. The van der Waals surface area contributed by atoms with Crippen LogP contribution in [0, 0.1) is 13.8 Å². The van der Waals surface area contributed by atoms with E-state index in [-0.39, 0.29) is 6.54 Å². The van der Waals surface area contributed by atoms with Gasteiger partial charge in [-0.3, -0.25) is 9.59 Å². The molecule has 2 amide bonds. The van der Waals surface area contributed by atoms with Crippen LogP contribution in [0.25, 0.3) is 0 Å². The van der Waals surface area contributed by atoms with Gasteiger partial charge >= 0.3 is 11.8 Å². The third-order valence-corrected chi connectivity index (χ3v) is 4.27. The molecule has 0 fully saturated rings. The molecule has 2 rings (SSSR count). The van der Waals surface area contributed by atoms with E-state index in [9.17, 15) is 14.7 Å². The summed E-state index contributed by atoms with van der Waals surface area (Å²) in [7, 11) is 0. The summed E-state index contributed by atoms with van der Waals surface area (Å²) in [5, 5.41) is 15.6. The monoisotopic (exact) mass is 354 g/mol. The van der Waals surface area contributed by atoms with Crippen molar-refractivity contribution >= 4 is 17.5 Å². The summed E-state index contributed by atoms with van der Waals surface area (Å²) in [6.45, 7) is 5.44. The van der Waals surface area contributed by atoms with Gasteiger partial charge in [0.25, 0.3) is 0 Å². The molecule has 0 aromatic heterocycles. The predicted molar refractivity (Wildman–Crippen MR) is 103 cm³/mol. The van der Waals surface area contributed by atoms with E-state index in [1.54, 1.807) is 6.92 Å². The van der Waals surface area contributed by atoms with E-state index in [2.05, 4.69) is 10.6 Å². The summed E-state index contributed by atoms with van der Waals surface area (Å²) in [6.07, 6.45) is 1.17. The molecule has 2 aromatic rings. The zero-order chi connectivity index (χ0) is 19.2. The number of hydrogen-bond donors (Lipinski definition) is 3. The minimum atomic E-state index is -1.09. The zero-order valence-electron chi connectivity index (χ0n) is 15.5. The fourth-order valence-electron chi connectivity index (χ4n) is 2.55. The van der Waals surface area contributed by atoms with Crippen LogP contribution in [0.5, 0.6) is 0 Å². The Morgan fingerprint density at radius 2 is 1.73 bits per heavy atom. The van der Waals surface area contributed by atoms with E-state index in [0.29, 0.717) is 18.5 Å². The van der Waals surface area contributed by atoms with Gasteiger partial charge in [0.2, 0.25) is 0 Å². The highest BCUT2D eigenvalue weighted by molar-refractivity contribution is 6.39. The molecule has 0 aliphatic carbocycles. The SMILES string of the molecule is Cc1ccc(C)c(NC(=O)C(=O)NCC(C)(O)CCc2ccccc2)c1. The second-order valence-electron chi connectivity index (χ2n) is 6.94. The Labute approximate surface area is 154 Å². The number of carbonyl (C=O) groups is 2. The molecular formula is C21H26N2O3. The number of amides is 2. The lowest BCUT2D eigenvalue weighted by Gasteiger charge is -2.23. The van der Waals surface area contributed by atoms with Gasteiger partial charge < -0.3 is 15.7 Å². The normalized spacial score (nSPS) is 12.9. The smallest absolute Gasteiger partial charge is 0.313 e. The lowest BCUT2D eigenvalue weighted by Crippen LogP contribution is -2.44. The fraction of sp³-hybridized carbons (Fsp3) is 0.333. The maximum atomic E-state index is 12.1. The molecule has 0 saturated heterocycles. The topological polar surface area (TPSA) is 78.4 Å². The molecule has 0 bridgehead atoms. The van der Waals surface area contributed by atoms with Crippen molar-refractivity contribution in [3.63, 3.8) is 0 Å². The lowest BCUT2D eigenvalue weighted by molar-refractivity contribution is -0.136. The molecule has 26 heavy (non-hydrogen) atoms. The minimum Gasteiger partial charge on any atom is -0.388 e. The Balaban J connectivity index is 1.84. The van der Waals surface area contributed by atoms with Gasteiger partial charge in [0.15, 0.2) is 0 Å².